The van der Waals surface area contributed by atoms with Gasteiger partial charge in [0.15, 0.2) is 11.6 Å². The van der Waals surface area contributed by atoms with Gasteiger partial charge in [0.25, 0.3) is 0 Å². The van der Waals surface area contributed by atoms with Gasteiger partial charge < -0.3 is 10.1 Å². The smallest absolute Gasteiger partial charge is 0.168 e. The monoisotopic (exact) mass is 232 g/mol. The third kappa shape index (κ3) is 3.48. The van der Waals surface area contributed by atoms with Crippen LogP contribution < -0.4 is 10.1 Å². The Hall–Kier alpha value is -1.51. The van der Waals surface area contributed by atoms with Gasteiger partial charge in [-0.2, -0.15) is 0 Å². The number of allylic oxidation sites excluding steroid dienone is 1. The quantitative estimate of drug-likeness (QED) is 0.763. The highest BCUT2D eigenvalue weighted by Gasteiger charge is 2.06. The summed E-state index contributed by atoms with van der Waals surface area (Å²) in [5.74, 6) is 1.70. The molecule has 0 aliphatic heterocycles. The van der Waals surface area contributed by atoms with Gasteiger partial charge in [0, 0.05) is 12.7 Å². The number of anilines is 1. The molecule has 1 aliphatic carbocycles. The summed E-state index contributed by atoms with van der Waals surface area (Å²) < 4.78 is 5.52. The number of nitrogens with zero attached hydrogens (tertiary/aromatic N) is 1. The van der Waals surface area contributed by atoms with Crippen LogP contribution in [0.25, 0.3) is 0 Å². The van der Waals surface area contributed by atoms with Crippen molar-refractivity contribution in [1.29, 1.82) is 0 Å². The van der Waals surface area contributed by atoms with E-state index in [0.29, 0.717) is 6.61 Å². The predicted molar refractivity (Wildman–Crippen MR) is 70.4 cm³/mol. The molecule has 0 radical (unpaired) electrons. The highest BCUT2D eigenvalue weighted by Crippen LogP contribution is 2.23. The number of aromatic nitrogens is 1. The van der Waals surface area contributed by atoms with E-state index in [0.717, 1.165) is 24.5 Å². The van der Waals surface area contributed by atoms with E-state index in [-0.39, 0.29) is 0 Å². The van der Waals surface area contributed by atoms with E-state index in [1.54, 1.807) is 11.8 Å². The van der Waals surface area contributed by atoms with Crippen molar-refractivity contribution in [2.75, 3.05) is 18.5 Å². The third-order valence-corrected chi connectivity index (χ3v) is 2.94. The van der Waals surface area contributed by atoms with Crippen molar-refractivity contribution in [2.45, 2.75) is 32.6 Å². The summed E-state index contributed by atoms with van der Waals surface area (Å²) in [7, 11) is 0. The molecule has 1 aromatic heterocycles. The van der Waals surface area contributed by atoms with Crippen molar-refractivity contribution in [2.24, 2.45) is 0 Å². The molecule has 0 unspecified atom stereocenters. The summed E-state index contributed by atoms with van der Waals surface area (Å²) in [5.41, 5.74) is 1.58. The molecule has 92 valence electrons. The molecule has 2 rings (SSSR count). The Morgan fingerprint density at radius 1 is 1.47 bits per heavy atom. The minimum absolute atomic E-state index is 0.672. The second kappa shape index (κ2) is 6.28. The summed E-state index contributed by atoms with van der Waals surface area (Å²) in [4.78, 5) is 4.31. The molecular weight excluding hydrogens is 212 g/mol. The van der Waals surface area contributed by atoms with Crippen LogP contribution in [0.4, 0.5) is 5.82 Å². The molecule has 1 aromatic rings. The van der Waals surface area contributed by atoms with Crippen molar-refractivity contribution >= 4 is 5.82 Å². The van der Waals surface area contributed by atoms with Crippen LogP contribution in [0.2, 0.25) is 0 Å². The minimum atomic E-state index is 0.672. The Bertz CT molecular complexity index is 388. The molecule has 0 atom stereocenters. The fourth-order valence-corrected chi connectivity index (χ4v) is 2.10. The van der Waals surface area contributed by atoms with Crippen LogP contribution in [0, 0.1) is 0 Å². The zero-order valence-corrected chi connectivity index (χ0v) is 10.4. The van der Waals surface area contributed by atoms with Gasteiger partial charge in [-0.25, -0.2) is 4.98 Å². The minimum Gasteiger partial charge on any atom is -0.490 e. The summed E-state index contributed by atoms with van der Waals surface area (Å²) in [6, 6.07) is 3.85. The summed E-state index contributed by atoms with van der Waals surface area (Å²) in [6.45, 7) is 3.59. The second-order valence-corrected chi connectivity index (χ2v) is 4.21. The van der Waals surface area contributed by atoms with Crippen molar-refractivity contribution < 1.29 is 4.74 Å². The largest absolute Gasteiger partial charge is 0.490 e. The van der Waals surface area contributed by atoms with Gasteiger partial charge in [-0.15, -0.1) is 0 Å². The van der Waals surface area contributed by atoms with Crippen LogP contribution in [0.5, 0.6) is 5.75 Å². The predicted octanol–water partition coefficient (Wildman–Crippen LogP) is 3.39. The zero-order valence-electron chi connectivity index (χ0n) is 10.4. The number of ether oxygens (including phenoxy) is 1. The van der Waals surface area contributed by atoms with Gasteiger partial charge in [0.2, 0.25) is 0 Å². The third-order valence-electron chi connectivity index (χ3n) is 2.94. The van der Waals surface area contributed by atoms with Gasteiger partial charge in [-0.3, -0.25) is 0 Å². The number of rotatable bonds is 6. The molecule has 0 spiro atoms. The lowest BCUT2D eigenvalue weighted by Crippen LogP contribution is -2.06. The molecule has 0 saturated carbocycles. The molecular formula is C14H20N2O. The van der Waals surface area contributed by atoms with Crippen LogP contribution >= 0.6 is 0 Å². The highest BCUT2D eigenvalue weighted by molar-refractivity contribution is 5.49. The van der Waals surface area contributed by atoms with Crippen molar-refractivity contribution in [1.82, 2.24) is 4.98 Å². The Kier molecular flexibility index (Phi) is 4.42. The molecule has 0 amide bonds. The van der Waals surface area contributed by atoms with Crippen molar-refractivity contribution in [3.05, 3.63) is 30.0 Å². The second-order valence-electron chi connectivity index (χ2n) is 4.21. The fraction of sp³-hybridized carbons (Fsp3) is 0.500. The summed E-state index contributed by atoms with van der Waals surface area (Å²) in [6.07, 6.45) is 9.11. The van der Waals surface area contributed by atoms with Gasteiger partial charge in [0.1, 0.15) is 0 Å². The standard InChI is InChI=1S/C14H20N2O/c1-2-17-13-8-5-10-15-14(13)16-11-9-12-6-3-4-7-12/h5-6,8,10H,2-4,7,9,11H2,1H3,(H,15,16). The molecule has 0 bridgehead atoms. The number of pyridine rings is 1. The Labute approximate surface area is 103 Å². The molecule has 0 aromatic carbocycles. The molecule has 3 nitrogen and oxygen atoms in total. The van der Waals surface area contributed by atoms with E-state index in [9.17, 15) is 0 Å². The van der Waals surface area contributed by atoms with Gasteiger partial charge in [0.05, 0.1) is 6.61 Å². The maximum atomic E-state index is 5.52. The molecule has 0 saturated heterocycles. The Morgan fingerprint density at radius 2 is 2.41 bits per heavy atom. The average Bonchev–Trinajstić information content (AvgIpc) is 2.85. The molecule has 3 heteroatoms. The number of hydrogen-bond donors (Lipinski definition) is 1. The first kappa shape index (κ1) is 12.0. The first-order valence-corrected chi connectivity index (χ1v) is 6.39. The lowest BCUT2D eigenvalue weighted by atomic mass is 10.2. The topological polar surface area (TPSA) is 34.1 Å². The van der Waals surface area contributed by atoms with Gasteiger partial charge in [-0.05, 0) is 44.7 Å². The van der Waals surface area contributed by atoms with Crippen LogP contribution in [0.1, 0.15) is 32.6 Å². The number of nitrogens with one attached hydrogen (secondary N) is 1. The van der Waals surface area contributed by atoms with E-state index >= 15 is 0 Å². The average molecular weight is 232 g/mol. The van der Waals surface area contributed by atoms with E-state index in [1.807, 2.05) is 19.1 Å². The SMILES string of the molecule is CCOc1cccnc1NCCC1=CCCC1. The maximum absolute atomic E-state index is 5.52. The van der Waals surface area contributed by atoms with Gasteiger partial charge >= 0.3 is 0 Å². The maximum Gasteiger partial charge on any atom is 0.168 e. The summed E-state index contributed by atoms with van der Waals surface area (Å²) >= 11 is 0. The molecule has 1 heterocycles. The van der Waals surface area contributed by atoms with E-state index in [4.69, 9.17) is 4.74 Å². The molecule has 1 aliphatic rings. The van der Waals surface area contributed by atoms with Gasteiger partial charge in [-0.1, -0.05) is 11.6 Å². The van der Waals surface area contributed by atoms with Crippen LogP contribution in [0.3, 0.4) is 0 Å². The highest BCUT2D eigenvalue weighted by atomic mass is 16.5. The van der Waals surface area contributed by atoms with Crippen LogP contribution in [0.15, 0.2) is 30.0 Å². The molecule has 1 N–H and O–H groups in total. The normalized spacial score (nSPS) is 14.5. The van der Waals surface area contributed by atoms with Crippen LogP contribution in [-0.2, 0) is 0 Å². The van der Waals surface area contributed by atoms with Crippen molar-refractivity contribution in [3.63, 3.8) is 0 Å². The first-order chi connectivity index (χ1) is 8.40. The lowest BCUT2D eigenvalue weighted by Gasteiger charge is -2.11. The zero-order chi connectivity index (χ0) is 11.9. The van der Waals surface area contributed by atoms with E-state index in [1.165, 1.54) is 19.3 Å². The first-order valence-electron chi connectivity index (χ1n) is 6.39. The molecule has 0 fully saturated rings. The lowest BCUT2D eigenvalue weighted by molar-refractivity contribution is 0.340. The summed E-state index contributed by atoms with van der Waals surface area (Å²) in [5, 5.41) is 3.35. The Morgan fingerprint density at radius 3 is 3.18 bits per heavy atom. The fourth-order valence-electron chi connectivity index (χ4n) is 2.10. The van der Waals surface area contributed by atoms with E-state index in [2.05, 4.69) is 16.4 Å². The van der Waals surface area contributed by atoms with E-state index < -0.39 is 0 Å². The molecule has 17 heavy (non-hydrogen) atoms. The Balaban J connectivity index is 1.85. The van der Waals surface area contributed by atoms with Crippen molar-refractivity contribution in [3.8, 4) is 5.75 Å². The van der Waals surface area contributed by atoms with Crippen LogP contribution in [-0.4, -0.2) is 18.1 Å². The number of hydrogen-bond acceptors (Lipinski definition) is 3.